The molecule has 0 saturated heterocycles. The van der Waals surface area contributed by atoms with Crippen molar-refractivity contribution in [3.63, 3.8) is 0 Å². The second kappa shape index (κ2) is 8.51. The van der Waals surface area contributed by atoms with E-state index in [2.05, 4.69) is 10.3 Å². The Hall–Kier alpha value is -3.45. The van der Waals surface area contributed by atoms with E-state index in [0.717, 1.165) is 27.5 Å². The maximum atomic E-state index is 12.5. The van der Waals surface area contributed by atoms with Crippen LogP contribution in [-0.4, -0.2) is 40.2 Å². The normalized spacial score (nSPS) is 10.9. The molecule has 0 unspecified atom stereocenters. The number of fused-ring (bicyclic) bond motifs is 1. The molecule has 0 atom stereocenters. The number of hydrogen-bond donors (Lipinski definition) is 1. The van der Waals surface area contributed by atoms with Crippen LogP contribution >= 0.6 is 11.3 Å². The first kappa shape index (κ1) is 19.8. The van der Waals surface area contributed by atoms with Crippen LogP contribution < -0.4 is 5.32 Å². The molecule has 2 heterocycles. The number of carbonyl (C=O) groups excluding carboxylic acids is 2. The first-order valence-electron chi connectivity index (χ1n) is 9.59. The van der Waals surface area contributed by atoms with E-state index >= 15 is 0 Å². The highest BCUT2D eigenvalue weighted by Crippen LogP contribution is 2.23. The maximum Gasteiger partial charge on any atom is 0.253 e. The van der Waals surface area contributed by atoms with Gasteiger partial charge in [-0.05, 0) is 17.7 Å². The lowest BCUT2D eigenvalue weighted by molar-refractivity contribution is -0.120. The predicted octanol–water partition coefficient (Wildman–Crippen LogP) is 3.62. The molecule has 0 aliphatic carbocycles. The van der Waals surface area contributed by atoms with Crippen molar-refractivity contribution in [3.8, 4) is 11.3 Å². The quantitative estimate of drug-likeness (QED) is 0.520. The fourth-order valence-electron chi connectivity index (χ4n) is 3.16. The third-order valence-electron chi connectivity index (χ3n) is 4.79. The summed E-state index contributed by atoms with van der Waals surface area (Å²) in [6, 6.07) is 17.3. The molecule has 1 N–H and O–H groups in total. The number of amides is 2. The lowest BCUT2D eigenvalue weighted by Gasteiger charge is -2.11. The molecule has 0 aliphatic rings. The Bertz CT molecular complexity index is 1180. The van der Waals surface area contributed by atoms with Crippen molar-refractivity contribution >= 4 is 28.1 Å². The third-order valence-corrected chi connectivity index (χ3v) is 5.68. The second-order valence-corrected chi connectivity index (χ2v) is 8.06. The van der Waals surface area contributed by atoms with Gasteiger partial charge in [-0.1, -0.05) is 42.5 Å². The number of rotatable bonds is 6. The van der Waals surface area contributed by atoms with Crippen LogP contribution in [0.3, 0.4) is 0 Å². The van der Waals surface area contributed by atoms with Gasteiger partial charge >= 0.3 is 0 Å². The van der Waals surface area contributed by atoms with Gasteiger partial charge in [0.15, 0.2) is 4.96 Å². The van der Waals surface area contributed by atoms with Gasteiger partial charge in [0.1, 0.15) is 0 Å². The van der Waals surface area contributed by atoms with Crippen LogP contribution in [0.4, 0.5) is 0 Å². The molecule has 0 spiro atoms. The Kier molecular flexibility index (Phi) is 5.63. The van der Waals surface area contributed by atoms with Crippen LogP contribution in [0.2, 0.25) is 0 Å². The summed E-state index contributed by atoms with van der Waals surface area (Å²) in [6.07, 6.45) is 2.26. The number of carbonyl (C=O) groups is 2. The van der Waals surface area contributed by atoms with Gasteiger partial charge in [-0.3, -0.25) is 14.0 Å². The molecular formula is C23H22N4O2S. The van der Waals surface area contributed by atoms with E-state index < -0.39 is 0 Å². The summed E-state index contributed by atoms with van der Waals surface area (Å²) in [5.74, 6) is -0.0969. The summed E-state index contributed by atoms with van der Waals surface area (Å²) < 4.78 is 1.98. The molecule has 0 aliphatic heterocycles. The highest BCUT2D eigenvalue weighted by Gasteiger charge is 2.13. The Balaban J connectivity index is 1.39. The van der Waals surface area contributed by atoms with Crippen LogP contribution in [0, 0.1) is 0 Å². The van der Waals surface area contributed by atoms with Crippen molar-refractivity contribution in [2.24, 2.45) is 0 Å². The summed E-state index contributed by atoms with van der Waals surface area (Å²) in [4.78, 5) is 31.5. The summed E-state index contributed by atoms with van der Waals surface area (Å²) in [5, 5.41) is 4.92. The number of hydrogen-bond acceptors (Lipinski definition) is 4. The zero-order valence-corrected chi connectivity index (χ0v) is 17.6. The largest absolute Gasteiger partial charge is 0.352 e. The maximum absolute atomic E-state index is 12.5. The molecule has 4 aromatic rings. The molecule has 30 heavy (non-hydrogen) atoms. The van der Waals surface area contributed by atoms with Gasteiger partial charge in [-0.25, -0.2) is 4.98 Å². The van der Waals surface area contributed by atoms with E-state index in [0.29, 0.717) is 12.1 Å². The fraction of sp³-hybridized carbons (Fsp3) is 0.174. The lowest BCUT2D eigenvalue weighted by atomic mass is 10.1. The second-order valence-electron chi connectivity index (χ2n) is 7.22. The fourth-order valence-corrected chi connectivity index (χ4v) is 4.03. The number of thiazole rings is 1. The van der Waals surface area contributed by atoms with Crippen molar-refractivity contribution in [2.75, 3.05) is 14.1 Å². The Labute approximate surface area is 178 Å². The molecule has 7 heteroatoms. The van der Waals surface area contributed by atoms with Crippen LogP contribution in [0.25, 0.3) is 16.2 Å². The van der Waals surface area contributed by atoms with Crippen molar-refractivity contribution in [1.82, 2.24) is 19.6 Å². The lowest BCUT2D eigenvalue weighted by Crippen LogP contribution is -2.25. The topological polar surface area (TPSA) is 66.7 Å². The van der Waals surface area contributed by atoms with Crippen LogP contribution in [-0.2, 0) is 17.8 Å². The summed E-state index contributed by atoms with van der Waals surface area (Å²) >= 11 is 1.53. The third kappa shape index (κ3) is 4.26. The van der Waals surface area contributed by atoms with Gasteiger partial charge in [0.05, 0.1) is 12.1 Å². The summed E-state index contributed by atoms with van der Waals surface area (Å²) in [5.41, 5.74) is 4.44. The Morgan fingerprint density at radius 2 is 1.80 bits per heavy atom. The molecule has 0 fully saturated rings. The number of nitrogens with zero attached hydrogens (tertiary/aromatic N) is 3. The van der Waals surface area contributed by atoms with Gasteiger partial charge in [0.2, 0.25) is 5.91 Å². The monoisotopic (exact) mass is 418 g/mol. The summed E-state index contributed by atoms with van der Waals surface area (Å²) in [6.45, 7) is 0.418. The first-order chi connectivity index (χ1) is 14.5. The smallest absolute Gasteiger partial charge is 0.253 e. The highest BCUT2D eigenvalue weighted by molar-refractivity contribution is 7.15. The molecule has 0 bridgehead atoms. The SMILES string of the molecule is CN(C)C(=O)c1ccc(CNC(=O)Cc2csc3nc(-c4ccccc4)cn23)cc1. The molecule has 0 saturated carbocycles. The Morgan fingerprint density at radius 1 is 1.07 bits per heavy atom. The zero-order chi connectivity index (χ0) is 21.1. The highest BCUT2D eigenvalue weighted by atomic mass is 32.1. The number of benzene rings is 2. The van der Waals surface area contributed by atoms with Crippen molar-refractivity contribution in [2.45, 2.75) is 13.0 Å². The number of aromatic nitrogens is 2. The van der Waals surface area contributed by atoms with E-state index in [-0.39, 0.29) is 18.2 Å². The molecule has 4 rings (SSSR count). The van der Waals surface area contributed by atoms with Crippen molar-refractivity contribution < 1.29 is 9.59 Å². The minimum absolute atomic E-state index is 0.0396. The molecule has 152 valence electrons. The van der Waals surface area contributed by atoms with Gasteiger partial charge in [-0.2, -0.15) is 0 Å². The summed E-state index contributed by atoms with van der Waals surface area (Å²) in [7, 11) is 3.45. The number of nitrogens with one attached hydrogen (secondary N) is 1. The van der Waals surface area contributed by atoms with E-state index in [4.69, 9.17) is 0 Å². The number of imidazole rings is 1. The van der Waals surface area contributed by atoms with E-state index in [1.807, 2.05) is 58.4 Å². The van der Waals surface area contributed by atoms with Gasteiger partial charge < -0.3 is 10.2 Å². The Morgan fingerprint density at radius 3 is 2.50 bits per heavy atom. The molecule has 6 nitrogen and oxygen atoms in total. The van der Waals surface area contributed by atoms with Gasteiger partial charge in [-0.15, -0.1) is 11.3 Å². The standard InChI is InChI=1S/C23H22N4O2S/c1-26(2)22(29)18-10-8-16(9-11-18)13-24-21(28)12-19-15-30-23-25-20(14-27(19)23)17-6-4-3-5-7-17/h3-11,14-15H,12-13H2,1-2H3,(H,24,28). The van der Waals surface area contributed by atoms with E-state index in [1.54, 1.807) is 26.2 Å². The van der Waals surface area contributed by atoms with Crippen molar-refractivity contribution in [1.29, 1.82) is 0 Å². The molecule has 2 amide bonds. The van der Waals surface area contributed by atoms with Crippen LogP contribution in [0.1, 0.15) is 21.6 Å². The minimum Gasteiger partial charge on any atom is -0.352 e. The molecule has 2 aromatic carbocycles. The van der Waals surface area contributed by atoms with Crippen LogP contribution in [0.15, 0.2) is 66.2 Å². The van der Waals surface area contributed by atoms with Gasteiger partial charge in [0, 0.05) is 49.0 Å². The minimum atomic E-state index is -0.0573. The molecular weight excluding hydrogens is 396 g/mol. The van der Waals surface area contributed by atoms with Gasteiger partial charge in [0.25, 0.3) is 5.91 Å². The predicted molar refractivity (Wildman–Crippen MR) is 119 cm³/mol. The van der Waals surface area contributed by atoms with Crippen molar-refractivity contribution in [3.05, 3.63) is 83.0 Å². The average molecular weight is 419 g/mol. The average Bonchev–Trinajstić information content (AvgIpc) is 3.35. The molecule has 0 radical (unpaired) electrons. The van der Waals surface area contributed by atoms with Crippen LogP contribution in [0.5, 0.6) is 0 Å². The van der Waals surface area contributed by atoms with E-state index in [1.165, 1.54) is 16.2 Å². The first-order valence-corrected chi connectivity index (χ1v) is 10.5. The molecule has 2 aromatic heterocycles. The van der Waals surface area contributed by atoms with E-state index in [9.17, 15) is 9.59 Å². The zero-order valence-electron chi connectivity index (χ0n) is 16.8.